The van der Waals surface area contributed by atoms with E-state index in [1.54, 1.807) is 24.3 Å². The van der Waals surface area contributed by atoms with Gasteiger partial charge in [-0.05, 0) is 22.8 Å². The largest absolute Gasteiger partial charge is 0.216 e. The fourth-order valence-electron chi connectivity index (χ4n) is 5.28. The van der Waals surface area contributed by atoms with Gasteiger partial charge in [0, 0.05) is 63.2 Å². The normalized spacial score (nSPS) is 12.6. The summed E-state index contributed by atoms with van der Waals surface area (Å²) >= 11 is 0. The third-order valence-corrected chi connectivity index (χ3v) is 6.75. The van der Waals surface area contributed by atoms with Gasteiger partial charge < -0.3 is 0 Å². The van der Waals surface area contributed by atoms with Crippen molar-refractivity contribution in [3.63, 3.8) is 0 Å². The number of pyridine rings is 2. The van der Waals surface area contributed by atoms with Crippen molar-refractivity contribution >= 4 is 33.4 Å². The van der Waals surface area contributed by atoms with E-state index in [-0.39, 0.29) is 61.2 Å². The Morgan fingerprint density at radius 1 is 0.500 bits per heavy atom. The molecule has 2 heterocycles. The molecule has 2 aliphatic carbocycles. The third kappa shape index (κ3) is 4.03. The number of fused-ring (bicyclic) bond motifs is 2. The molecule has 0 fully saturated rings. The van der Waals surface area contributed by atoms with Crippen molar-refractivity contribution in [1.82, 2.24) is 9.97 Å². The second kappa shape index (κ2) is 10.6. The fraction of sp³-hybridized carbons (Fsp3) is 0. The predicted octanol–water partition coefficient (Wildman–Crippen LogP) is 5.40. The number of benzene rings is 1. The van der Waals surface area contributed by atoms with Crippen LogP contribution in [0.2, 0.25) is 0 Å². The Morgan fingerprint density at radius 3 is 1.34 bits per heavy atom. The van der Waals surface area contributed by atoms with Gasteiger partial charge in [-0.15, -0.1) is 0 Å². The van der Waals surface area contributed by atoms with Gasteiger partial charge in [0.15, 0.2) is 0 Å². The molecule has 0 N–H and O–H groups in total. The quantitative estimate of drug-likeness (QED) is 0.217. The maximum atomic E-state index is 14.2. The molecule has 0 saturated heterocycles. The summed E-state index contributed by atoms with van der Waals surface area (Å²) in [5.74, 6) is -5.19. The lowest BCUT2D eigenvalue weighted by Gasteiger charge is -2.13. The first-order valence-electron chi connectivity index (χ1n) is 11.9. The number of aromatic nitrogens is 2. The molecule has 9 nitrogen and oxygen atoms in total. The van der Waals surface area contributed by atoms with E-state index in [9.17, 15) is 54.4 Å². The summed E-state index contributed by atoms with van der Waals surface area (Å²) in [5.41, 5.74) is -5.12. The summed E-state index contributed by atoms with van der Waals surface area (Å²) in [6.07, 6.45) is 0. The Labute approximate surface area is 244 Å². The number of nitriles is 7. The average Bonchev–Trinajstić information content (AvgIpc) is 3.49. The van der Waals surface area contributed by atoms with Gasteiger partial charge in [0.1, 0.15) is 53.6 Å². The predicted molar refractivity (Wildman–Crippen MR) is 141 cm³/mol. The molecule has 1 aromatic carbocycles. The average molecular weight is 579 g/mol. The highest BCUT2D eigenvalue weighted by atomic mass is 19.1. The zero-order valence-corrected chi connectivity index (χ0v) is 21.4. The van der Waals surface area contributed by atoms with Crippen LogP contribution < -0.4 is 0 Å². The zero-order chi connectivity index (χ0) is 31.9. The number of allylic oxidation sites excluding steroid dienone is 8. The van der Waals surface area contributed by atoms with Crippen LogP contribution in [-0.4, -0.2) is 9.97 Å². The molecule has 3 aromatic rings. The second-order valence-corrected chi connectivity index (χ2v) is 8.88. The van der Waals surface area contributed by atoms with Crippen molar-refractivity contribution in [3.8, 4) is 42.5 Å². The zero-order valence-electron chi connectivity index (χ0n) is 21.4. The molecule has 202 valence electrons. The summed E-state index contributed by atoms with van der Waals surface area (Å²) in [7, 11) is 0. The van der Waals surface area contributed by atoms with E-state index in [2.05, 4.69) is 9.97 Å². The third-order valence-electron chi connectivity index (χ3n) is 6.75. The molecule has 0 spiro atoms. The molecular weight excluding hydrogens is 574 g/mol. The lowest BCUT2D eigenvalue weighted by molar-refractivity contribution is 0.511. The Kier molecular flexibility index (Phi) is 6.76. The lowest BCUT2D eigenvalue weighted by atomic mass is 9.86. The number of hydrogen-bond acceptors (Lipinski definition) is 9. The molecule has 0 saturated carbocycles. The first-order chi connectivity index (χ1) is 21.2. The minimum Gasteiger partial charge on any atom is -0.192 e. The molecule has 0 bridgehead atoms. The van der Waals surface area contributed by atoms with E-state index in [1.165, 1.54) is 6.07 Å². The number of rotatable bonds is 2. The van der Waals surface area contributed by atoms with Gasteiger partial charge >= 0.3 is 0 Å². The molecular formula is C31H5F4N9. The summed E-state index contributed by atoms with van der Waals surface area (Å²) < 4.78 is 56.9. The Morgan fingerprint density at radius 2 is 0.932 bits per heavy atom. The standard InChI is InChI=1S/C31H5F4N9/c32-22-1-13(2-23(33)43-22)26-19(10-40)17-5-18-28(15(6-36)7-37)27(14-3-24(34)44-25(35)4-14)20(11-41)30(18)21(12-42)31(17)29(26)16(8-38)9-39/h1-5H. The van der Waals surface area contributed by atoms with Crippen LogP contribution in [0.5, 0.6) is 0 Å². The molecule has 2 aromatic heterocycles. The summed E-state index contributed by atoms with van der Waals surface area (Å²) in [6.45, 7) is 0. The highest BCUT2D eigenvalue weighted by Crippen LogP contribution is 2.56. The minimum atomic E-state index is -1.30. The van der Waals surface area contributed by atoms with E-state index in [0.717, 1.165) is 24.3 Å². The Bertz CT molecular complexity index is 2270. The fourth-order valence-corrected chi connectivity index (χ4v) is 5.28. The number of nitrogens with zero attached hydrogens (tertiary/aromatic N) is 9. The van der Waals surface area contributed by atoms with Crippen LogP contribution >= 0.6 is 0 Å². The van der Waals surface area contributed by atoms with Crippen molar-refractivity contribution in [1.29, 1.82) is 36.8 Å². The smallest absolute Gasteiger partial charge is 0.192 e. The highest BCUT2D eigenvalue weighted by Gasteiger charge is 2.40. The Balaban J connectivity index is 2.04. The van der Waals surface area contributed by atoms with E-state index in [0.29, 0.717) is 0 Å². The van der Waals surface area contributed by atoms with Crippen molar-refractivity contribution in [2.75, 3.05) is 0 Å². The molecule has 0 atom stereocenters. The summed E-state index contributed by atoms with van der Waals surface area (Å²) in [4.78, 5) is 6.03. The minimum absolute atomic E-state index is 0.140. The molecule has 0 radical (unpaired) electrons. The monoisotopic (exact) mass is 579 g/mol. The van der Waals surface area contributed by atoms with Gasteiger partial charge in [-0.1, -0.05) is 0 Å². The second-order valence-electron chi connectivity index (χ2n) is 8.88. The maximum Gasteiger partial charge on any atom is 0.216 e. The maximum absolute atomic E-state index is 14.2. The molecule has 13 heteroatoms. The SMILES string of the molecule is N#CC(C#N)=C1C(c2cc(F)nc(F)c2)=C(C#N)c2c1cc1c(c2C#N)C(=C(C#N)C#N)C(c2cc(F)nc(F)c2)=C1C#N. The molecule has 0 aliphatic heterocycles. The highest BCUT2D eigenvalue weighted by molar-refractivity contribution is 6.31. The number of halogens is 4. The van der Waals surface area contributed by atoms with Gasteiger partial charge in [0.2, 0.25) is 23.8 Å². The van der Waals surface area contributed by atoms with Crippen LogP contribution in [0.4, 0.5) is 17.6 Å². The first kappa shape index (κ1) is 28.2. The van der Waals surface area contributed by atoms with E-state index >= 15 is 0 Å². The van der Waals surface area contributed by atoms with Crippen LogP contribution in [0.15, 0.2) is 41.5 Å². The number of hydrogen-bond donors (Lipinski definition) is 0. The van der Waals surface area contributed by atoms with Gasteiger partial charge in [-0.2, -0.15) is 64.4 Å². The van der Waals surface area contributed by atoms with Crippen molar-refractivity contribution in [3.05, 3.63) is 104 Å². The van der Waals surface area contributed by atoms with Gasteiger partial charge in [-0.25, -0.2) is 0 Å². The molecule has 5 rings (SSSR count). The van der Waals surface area contributed by atoms with Crippen LogP contribution in [0.3, 0.4) is 0 Å². The summed E-state index contributed by atoms with van der Waals surface area (Å²) in [5, 5.41) is 70.2. The van der Waals surface area contributed by atoms with Crippen molar-refractivity contribution in [2.45, 2.75) is 0 Å². The van der Waals surface area contributed by atoms with Crippen molar-refractivity contribution < 1.29 is 17.6 Å². The van der Waals surface area contributed by atoms with Crippen LogP contribution in [0.1, 0.15) is 38.9 Å². The molecule has 44 heavy (non-hydrogen) atoms. The Hall–Kier alpha value is -7.37. The van der Waals surface area contributed by atoms with Crippen molar-refractivity contribution in [2.24, 2.45) is 0 Å². The molecule has 0 unspecified atom stereocenters. The van der Waals surface area contributed by atoms with Crippen LogP contribution in [-0.2, 0) is 0 Å². The van der Waals surface area contributed by atoms with E-state index in [1.807, 2.05) is 18.2 Å². The van der Waals surface area contributed by atoms with Gasteiger partial charge in [-0.3, -0.25) is 0 Å². The van der Waals surface area contributed by atoms with Crippen LogP contribution in [0.25, 0.3) is 33.4 Å². The molecule has 2 aliphatic rings. The molecule has 0 amide bonds. The van der Waals surface area contributed by atoms with Crippen LogP contribution in [0, 0.1) is 103 Å². The van der Waals surface area contributed by atoms with E-state index in [4.69, 9.17) is 0 Å². The first-order valence-corrected chi connectivity index (χ1v) is 11.9. The van der Waals surface area contributed by atoms with Gasteiger partial charge in [0.25, 0.3) is 0 Å². The van der Waals surface area contributed by atoms with E-state index < -0.39 is 46.1 Å². The topological polar surface area (TPSA) is 192 Å². The summed E-state index contributed by atoms with van der Waals surface area (Å²) in [6, 6.07) is 16.3. The lowest BCUT2D eigenvalue weighted by Crippen LogP contribution is -2.01. The van der Waals surface area contributed by atoms with Gasteiger partial charge in [0.05, 0.1) is 16.7 Å².